The van der Waals surface area contributed by atoms with E-state index in [4.69, 9.17) is 23.2 Å². The maximum Gasteiger partial charge on any atom is 0.255 e. The van der Waals surface area contributed by atoms with Gasteiger partial charge >= 0.3 is 0 Å². The summed E-state index contributed by atoms with van der Waals surface area (Å²) in [5.41, 5.74) is 2.34. The molecule has 0 spiro atoms. The lowest BCUT2D eigenvalue weighted by atomic mass is 10.1. The molecule has 0 aliphatic heterocycles. The molecule has 5 nitrogen and oxygen atoms in total. The Kier molecular flexibility index (Phi) is 6.63. The second-order valence-corrected chi connectivity index (χ2v) is 6.89. The fraction of sp³-hybridized carbons (Fsp3) is 0.0952. The number of aromatic nitrogens is 1. The van der Waals surface area contributed by atoms with Crippen LogP contribution < -0.4 is 10.6 Å². The number of amides is 2. The Morgan fingerprint density at radius 3 is 2.21 bits per heavy atom. The molecule has 28 heavy (non-hydrogen) atoms. The summed E-state index contributed by atoms with van der Waals surface area (Å²) in [5.74, 6) is -0.521. The lowest BCUT2D eigenvalue weighted by molar-refractivity contribution is 0.0953. The van der Waals surface area contributed by atoms with Crippen molar-refractivity contribution in [1.82, 2.24) is 10.3 Å². The predicted octanol–water partition coefficient (Wildman–Crippen LogP) is 4.61. The third-order valence-electron chi connectivity index (χ3n) is 3.92. The Bertz CT molecular complexity index is 956. The zero-order chi connectivity index (χ0) is 19.9. The molecule has 0 aliphatic carbocycles. The van der Waals surface area contributed by atoms with Crippen LogP contribution in [-0.2, 0) is 6.42 Å². The highest BCUT2D eigenvalue weighted by Crippen LogP contribution is 2.20. The number of halogens is 2. The maximum absolute atomic E-state index is 12.3. The molecule has 0 bridgehead atoms. The first-order valence-electron chi connectivity index (χ1n) is 8.57. The topological polar surface area (TPSA) is 71.1 Å². The van der Waals surface area contributed by atoms with E-state index in [0.29, 0.717) is 39.8 Å². The first kappa shape index (κ1) is 19.9. The van der Waals surface area contributed by atoms with Crippen molar-refractivity contribution in [3.05, 3.63) is 93.7 Å². The van der Waals surface area contributed by atoms with Crippen molar-refractivity contribution in [2.45, 2.75) is 6.42 Å². The number of hydrogen-bond donors (Lipinski definition) is 2. The van der Waals surface area contributed by atoms with Gasteiger partial charge in [-0.2, -0.15) is 0 Å². The molecule has 0 atom stereocenters. The Labute approximate surface area is 172 Å². The van der Waals surface area contributed by atoms with Crippen LogP contribution in [0.1, 0.15) is 26.4 Å². The van der Waals surface area contributed by atoms with Crippen LogP contribution in [0.5, 0.6) is 0 Å². The van der Waals surface area contributed by atoms with E-state index in [-0.39, 0.29) is 11.8 Å². The first-order valence-corrected chi connectivity index (χ1v) is 9.32. The third-order valence-corrected chi connectivity index (χ3v) is 4.36. The molecule has 0 saturated carbocycles. The van der Waals surface area contributed by atoms with Crippen molar-refractivity contribution >= 4 is 40.7 Å². The highest BCUT2D eigenvalue weighted by Gasteiger charge is 2.10. The number of rotatable bonds is 6. The molecule has 7 heteroatoms. The van der Waals surface area contributed by atoms with Crippen molar-refractivity contribution in [1.29, 1.82) is 0 Å². The quantitative estimate of drug-likeness (QED) is 0.619. The van der Waals surface area contributed by atoms with Crippen molar-refractivity contribution in [2.75, 3.05) is 11.9 Å². The number of nitrogens with one attached hydrogen (secondary N) is 2. The molecular weight excluding hydrogens is 397 g/mol. The number of benzene rings is 2. The van der Waals surface area contributed by atoms with Gasteiger partial charge in [-0.1, -0.05) is 29.3 Å². The molecule has 0 saturated heterocycles. The second-order valence-electron chi connectivity index (χ2n) is 6.02. The summed E-state index contributed by atoms with van der Waals surface area (Å²) < 4.78 is 0. The monoisotopic (exact) mass is 413 g/mol. The molecule has 1 heterocycles. The van der Waals surface area contributed by atoms with Crippen LogP contribution in [0.15, 0.2) is 66.9 Å². The van der Waals surface area contributed by atoms with E-state index in [1.807, 2.05) is 18.2 Å². The summed E-state index contributed by atoms with van der Waals surface area (Å²) in [4.78, 5) is 28.7. The molecule has 1 aromatic heterocycles. The average Bonchev–Trinajstić information content (AvgIpc) is 2.68. The van der Waals surface area contributed by atoms with Gasteiger partial charge in [-0.25, -0.2) is 0 Å². The molecule has 2 aromatic carbocycles. The van der Waals surface area contributed by atoms with Gasteiger partial charge in [0.2, 0.25) is 0 Å². The van der Waals surface area contributed by atoms with E-state index in [9.17, 15) is 9.59 Å². The Morgan fingerprint density at radius 2 is 1.57 bits per heavy atom. The maximum atomic E-state index is 12.3. The largest absolute Gasteiger partial charge is 0.352 e. The molecule has 0 unspecified atom stereocenters. The minimum absolute atomic E-state index is 0.185. The first-order chi connectivity index (χ1) is 13.5. The number of carbonyl (C=O) groups is 2. The third kappa shape index (κ3) is 5.55. The van der Waals surface area contributed by atoms with Crippen molar-refractivity contribution in [3.63, 3.8) is 0 Å². The van der Waals surface area contributed by atoms with E-state index in [0.717, 1.165) is 5.69 Å². The smallest absolute Gasteiger partial charge is 0.255 e. The van der Waals surface area contributed by atoms with Crippen LogP contribution >= 0.6 is 23.2 Å². The zero-order valence-corrected chi connectivity index (χ0v) is 16.3. The average molecular weight is 414 g/mol. The second kappa shape index (κ2) is 9.35. The van der Waals surface area contributed by atoms with Crippen molar-refractivity contribution < 1.29 is 9.59 Å². The SMILES string of the molecule is O=C(NCCc1ccccn1)c1ccc(NC(=O)c2cc(Cl)cc(Cl)c2)cc1. The van der Waals surface area contributed by atoms with E-state index < -0.39 is 0 Å². The van der Waals surface area contributed by atoms with Crippen LogP contribution in [0, 0.1) is 0 Å². The highest BCUT2D eigenvalue weighted by molar-refractivity contribution is 6.35. The molecule has 0 radical (unpaired) electrons. The predicted molar refractivity (Wildman–Crippen MR) is 111 cm³/mol. The van der Waals surface area contributed by atoms with Gasteiger partial charge in [-0.3, -0.25) is 14.6 Å². The van der Waals surface area contributed by atoms with E-state index in [1.165, 1.54) is 12.1 Å². The van der Waals surface area contributed by atoms with Gasteiger partial charge in [0.15, 0.2) is 0 Å². The van der Waals surface area contributed by atoms with Gasteiger partial charge in [0.25, 0.3) is 11.8 Å². The van der Waals surface area contributed by atoms with Crippen molar-refractivity contribution in [3.8, 4) is 0 Å². The molecule has 2 amide bonds. The standard InChI is InChI=1S/C21H17Cl2N3O2/c22-16-11-15(12-17(23)13-16)21(28)26-19-6-4-14(5-7-19)20(27)25-10-8-18-3-1-2-9-24-18/h1-7,9,11-13H,8,10H2,(H,25,27)(H,26,28). The van der Waals surface area contributed by atoms with Gasteiger partial charge in [-0.05, 0) is 54.6 Å². The van der Waals surface area contributed by atoms with Gasteiger partial charge in [0, 0.05) is 51.7 Å². The molecule has 142 valence electrons. The van der Waals surface area contributed by atoms with E-state index >= 15 is 0 Å². The Balaban J connectivity index is 1.55. The fourth-order valence-electron chi connectivity index (χ4n) is 2.55. The summed E-state index contributed by atoms with van der Waals surface area (Å²) in [6.07, 6.45) is 2.38. The Morgan fingerprint density at radius 1 is 0.857 bits per heavy atom. The summed E-state index contributed by atoms with van der Waals surface area (Å²) in [6, 6.07) is 16.9. The summed E-state index contributed by atoms with van der Waals surface area (Å²) in [7, 11) is 0. The van der Waals surface area contributed by atoms with Crippen LogP contribution in [0.2, 0.25) is 10.0 Å². The minimum atomic E-state index is -0.336. The van der Waals surface area contributed by atoms with Gasteiger partial charge in [-0.15, -0.1) is 0 Å². The Hall–Kier alpha value is -2.89. The molecule has 3 aromatic rings. The molecule has 0 aliphatic rings. The van der Waals surface area contributed by atoms with Crippen LogP contribution in [0.25, 0.3) is 0 Å². The molecule has 2 N–H and O–H groups in total. The summed E-state index contributed by atoms with van der Waals surface area (Å²) >= 11 is 11.8. The molecular formula is C21H17Cl2N3O2. The zero-order valence-electron chi connectivity index (χ0n) is 14.8. The normalized spacial score (nSPS) is 10.4. The highest BCUT2D eigenvalue weighted by atomic mass is 35.5. The number of anilines is 1. The number of hydrogen-bond acceptors (Lipinski definition) is 3. The van der Waals surface area contributed by atoms with Crippen molar-refractivity contribution in [2.24, 2.45) is 0 Å². The number of nitrogens with zero attached hydrogens (tertiary/aromatic N) is 1. The van der Waals surface area contributed by atoms with Crippen LogP contribution in [0.3, 0.4) is 0 Å². The number of carbonyl (C=O) groups excluding carboxylic acids is 2. The minimum Gasteiger partial charge on any atom is -0.352 e. The lowest BCUT2D eigenvalue weighted by Crippen LogP contribution is -2.25. The van der Waals surface area contributed by atoms with Gasteiger partial charge in [0.1, 0.15) is 0 Å². The molecule has 3 rings (SSSR count). The lowest BCUT2D eigenvalue weighted by Gasteiger charge is -2.08. The summed E-state index contributed by atoms with van der Waals surface area (Å²) in [6.45, 7) is 0.490. The van der Waals surface area contributed by atoms with Crippen LogP contribution in [-0.4, -0.2) is 23.3 Å². The van der Waals surface area contributed by atoms with E-state index in [2.05, 4.69) is 15.6 Å². The summed E-state index contributed by atoms with van der Waals surface area (Å²) in [5, 5.41) is 6.37. The fourth-order valence-corrected chi connectivity index (χ4v) is 3.07. The van der Waals surface area contributed by atoms with E-state index in [1.54, 1.807) is 36.5 Å². The number of pyridine rings is 1. The van der Waals surface area contributed by atoms with Gasteiger partial charge in [0.05, 0.1) is 0 Å². The van der Waals surface area contributed by atoms with Crippen LogP contribution in [0.4, 0.5) is 5.69 Å². The van der Waals surface area contributed by atoms with Gasteiger partial charge < -0.3 is 10.6 Å². The molecule has 0 fully saturated rings.